The number of esters is 1. The van der Waals surface area contributed by atoms with E-state index in [4.69, 9.17) is 4.74 Å². The maximum atomic E-state index is 14.4. The van der Waals surface area contributed by atoms with E-state index in [0.717, 1.165) is 23.6 Å². The normalized spacial score (nSPS) is 21.6. The van der Waals surface area contributed by atoms with Crippen molar-refractivity contribution in [1.82, 2.24) is 9.29 Å². The molecular weight excluding hydrogens is 327 g/mol. The third kappa shape index (κ3) is 3.56. The Balaban J connectivity index is 2.30. The van der Waals surface area contributed by atoms with Crippen molar-refractivity contribution in [3.63, 3.8) is 0 Å². The van der Waals surface area contributed by atoms with Gasteiger partial charge in [0.05, 0.1) is 6.61 Å². The summed E-state index contributed by atoms with van der Waals surface area (Å²) in [5.74, 6) is -2.22. The SMILES string of the molecule is CCOC(=O)c1c(F)c(S(=O)(=O)N[C@H]2CCC[C@@H]2CO)cn1C. The summed E-state index contributed by atoms with van der Waals surface area (Å²) in [7, 11) is -2.76. The smallest absolute Gasteiger partial charge is 0.358 e. The Morgan fingerprint density at radius 2 is 2.22 bits per heavy atom. The third-order valence-electron chi connectivity index (χ3n) is 4.05. The van der Waals surface area contributed by atoms with Gasteiger partial charge in [0.1, 0.15) is 4.90 Å². The summed E-state index contributed by atoms with van der Waals surface area (Å²) in [5.41, 5.74) is -0.433. The number of aryl methyl sites for hydroxylation is 1. The molecule has 2 rings (SSSR count). The van der Waals surface area contributed by atoms with Gasteiger partial charge in [-0.3, -0.25) is 0 Å². The van der Waals surface area contributed by atoms with Crippen LogP contribution in [0.5, 0.6) is 0 Å². The molecule has 1 aliphatic carbocycles. The molecule has 1 saturated carbocycles. The van der Waals surface area contributed by atoms with E-state index in [-0.39, 0.29) is 19.1 Å². The van der Waals surface area contributed by atoms with E-state index >= 15 is 0 Å². The van der Waals surface area contributed by atoms with Crippen molar-refractivity contribution in [3.8, 4) is 0 Å². The number of sulfonamides is 1. The van der Waals surface area contributed by atoms with Gasteiger partial charge in [-0.2, -0.15) is 0 Å². The average Bonchev–Trinajstić information content (AvgIpc) is 3.03. The summed E-state index contributed by atoms with van der Waals surface area (Å²) in [5, 5.41) is 9.26. The summed E-state index contributed by atoms with van der Waals surface area (Å²) >= 11 is 0. The molecule has 0 unspecified atom stereocenters. The van der Waals surface area contributed by atoms with Crippen molar-refractivity contribution < 1.29 is 27.4 Å². The standard InChI is InChI=1S/C14H21FN2O5S/c1-3-22-14(19)13-12(15)11(7-17(13)2)23(20,21)16-10-6-4-5-9(10)8-18/h7,9-10,16,18H,3-6,8H2,1-2H3/t9-,10+/m1/s1. The van der Waals surface area contributed by atoms with Crippen LogP contribution in [-0.2, 0) is 21.8 Å². The van der Waals surface area contributed by atoms with Crippen molar-refractivity contribution in [2.45, 2.75) is 37.1 Å². The second kappa shape index (κ2) is 6.98. The first-order chi connectivity index (χ1) is 10.8. The van der Waals surface area contributed by atoms with Crippen molar-refractivity contribution >= 4 is 16.0 Å². The highest BCUT2D eigenvalue weighted by molar-refractivity contribution is 7.89. The zero-order chi connectivity index (χ0) is 17.2. The van der Waals surface area contributed by atoms with E-state index in [2.05, 4.69) is 4.72 Å². The predicted molar refractivity (Wildman–Crippen MR) is 79.9 cm³/mol. The minimum atomic E-state index is -4.13. The van der Waals surface area contributed by atoms with E-state index < -0.39 is 38.4 Å². The second-order valence-corrected chi connectivity index (χ2v) is 7.27. The molecule has 23 heavy (non-hydrogen) atoms. The predicted octanol–water partition coefficient (Wildman–Crippen LogP) is 0.780. The number of carbonyl (C=O) groups excluding carboxylic acids is 1. The van der Waals surface area contributed by atoms with Crippen LogP contribution in [0.3, 0.4) is 0 Å². The quantitative estimate of drug-likeness (QED) is 0.741. The lowest BCUT2D eigenvalue weighted by Crippen LogP contribution is -2.38. The van der Waals surface area contributed by atoms with Crippen LogP contribution < -0.4 is 4.72 Å². The van der Waals surface area contributed by atoms with E-state index in [1.54, 1.807) is 6.92 Å². The molecule has 2 atom stereocenters. The number of hydrogen-bond donors (Lipinski definition) is 2. The van der Waals surface area contributed by atoms with Gasteiger partial charge in [0.15, 0.2) is 11.5 Å². The first kappa shape index (κ1) is 17.9. The fraction of sp³-hybridized carbons (Fsp3) is 0.643. The number of ether oxygens (including phenoxy) is 1. The molecule has 1 aromatic heterocycles. The lowest BCUT2D eigenvalue weighted by atomic mass is 10.1. The number of aliphatic hydroxyl groups is 1. The van der Waals surface area contributed by atoms with Gasteiger partial charge >= 0.3 is 5.97 Å². The zero-order valence-electron chi connectivity index (χ0n) is 13.1. The lowest BCUT2D eigenvalue weighted by molar-refractivity contribution is 0.0509. The van der Waals surface area contributed by atoms with E-state index in [1.165, 1.54) is 7.05 Å². The largest absolute Gasteiger partial charge is 0.461 e. The molecule has 7 nitrogen and oxygen atoms in total. The number of nitrogens with zero attached hydrogens (tertiary/aromatic N) is 1. The number of aromatic nitrogens is 1. The van der Waals surface area contributed by atoms with Crippen molar-refractivity contribution in [2.75, 3.05) is 13.2 Å². The van der Waals surface area contributed by atoms with Gasteiger partial charge in [-0.15, -0.1) is 0 Å². The molecule has 0 bridgehead atoms. The van der Waals surface area contributed by atoms with Crippen LogP contribution in [0.15, 0.2) is 11.1 Å². The number of aliphatic hydroxyl groups excluding tert-OH is 1. The van der Waals surface area contributed by atoms with E-state index in [1.807, 2.05) is 0 Å². The summed E-state index contributed by atoms with van der Waals surface area (Å²) in [6.07, 6.45) is 3.15. The molecule has 0 spiro atoms. The Labute approximate surface area is 134 Å². The van der Waals surface area contributed by atoms with Crippen LogP contribution in [0.25, 0.3) is 0 Å². The van der Waals surface area contributed by atoms with Gasteiger partial charge in [0.25, 0.3) is 0 Å². The molecule has 0 aromatic carbocycles. The zero-order valence-corrected chi connectivity index (χ0v) is 13.9. The topological polar surface area (TPSA) is 97.6 Å². The van der Waals surface area contributed by atoms with Gasteiger partial charge in [-0.1, -0.05) is 6.42 Å². The lowest BCUT2D eigenvalue weighted by Gasteiger charge is -2.18. The number of halogens is 1. The maximum absolute atomic E-state index is 14.4. The molecule has 0 aliphatic heterocycles. The molecule has 1 heterocycles. The fourth-order valence-electron chi connectivity index (χ4n) is 2.86. The van der Waals surface area contributed by atoms with E-state index in [9.17, 15) is 22.7 Å². The number of carbonyl (C=O) groups is 1. The minimum Gasteiger partial charge on any atom is -0.461 e. The maximum Gasteiger partial charge on any atom is 0.358 e. The Bertz CT molecular complexity index is 686. The van der Waals surface area contributed by atoms with Crippen LogP contribution in [0.2, 0.25) is 0 Å². The Hall–Kier alpha value is -1.45. The van der Waals surface area contributed by atoms with Gasteiger partial charge in [-0.25, -0.2) is 22.3 Å². The van der Waals surface area contributed by atoms with Crippen LogP contribution in [0.1, 0.15) is 36.7 Å². The first-order valence-corrected chi connectivity index (χ1v) is 8.95. The summed E-state index contributed by atoms with van der Waals surface area (Å²) in [6.45, 7) is 1.51. The summed E-state index contributed by atoms with van der Waals surface area (Å²) in [6, 6.07) is -0.435. The highest BCUT2D eigenvalue weighted by atomic mass is 32.2. The molecular formula is C14H21FN2O5S. The minimum absolute atomic E-state index is 0.0596. The van der Waals surface area contributed by atoms with Gasteiger partial charge in [0, 0.05) is 25.9 Å². The van der Waals surface area contributed by atoms with Gasteiger partial charge in [0.2, 0.25) is 10.0 Å². The van der Waals surface area contributed by atoms with Gasteiger partial charge in [-0.05, 0) is 25.7 Å². The molecule has 9 heteroatoms. The first-order valence-electron chi connectivity index (χ1n) is 7.47. The van der Waals surface area contributed by atoms with E-state index in [0.29, 0.717) is 6.42 Å². The molecule has 2 N–H and O–H groups in total. The van der Waals surface area contributed by atoms with Crippen molar-refractivity contribution in [1.29, 1.82) is 0 Å². The molecule has 0 radical (unpaired) electrons. The highest BCUT2D eigenvalue weighted by Crippen LogP contribution is 2.28. The molecule has 1 fully saturated rings. The number of hydrogen-bond acceptors (Lipinski definition) is 5. The van der Waals surface area contributed by atoms with Crippen LogP contribution >= 0.6 is 0 Å². The van der Waals surface area contributed by atoms with Crippen molar-refractivity contribution in [2.24, 2.45) is 13.0 Å². The van der Waals surface area contributed by atoms with Gasteiger partial charge < -0.3 is 14.4 Å². The van der Waals surface area contributed by atoms with Crippen molar-refractivity contribution in [3.05, 3.63) is 17.7 Å². The Morgan fingerprint density at radius 1 is 1.52 bits per heavy atom. The molecule has 1 aromatic rings. The molecule has 0 amide bonds. The molecule has 1 aliphatic rings. The monoisotopic (exact) mass is 348 g/mol. The van der Waals surface area contributed by atoms with Crippen LogP contribution in [-0.4, -0.2) is 43.3 Å². The number of rotatable bonds is 6. The highest BCUT2D eigenvalue weighted by Gasteiger charge is 2.34. The van der Waals surface area contributed by atoms with Crippen LogP contribution in [0.4, 0.5) is 4.39 Å². The molecule has 130 valence electrons. The summed E-state index contributed by atoms with van der Waals surface area (Å²) < 4.78 is 47.5. The van der Waals surface area contributed by atoms with Crippen LogP contribution in [0, 0.1) is 11.7 Å². The molecule has 0 saturated heterocycles. The Morgan fingerprint density at radius 3 is 2.83 bits per heavy atom. The average molecular weight is 348 g/mol. The second-order valence-electron chi connectivity index (χ2n) is 5.59. The number of nitrogens with one attached hydrogen (secondary N) is 1. The fourth-order valence-corrected chi connectivity index (χ4v) is 4.33. The Kier molecular flexibility index (Phi) is 5.43. The third-order valence-corrected chi connectivity index (χ3v) is 5.52. The summed E-state index contributed by atoms with van der Waals surface area (Å²) in [4.78, 5) is 11.1.